The average Bonchev–Trinajstić information content (AvgIpc) is 3.24. The van der Waals surface area contributed by atoms with Crippen LogP contribution in [0.15, 0.2) is 48.5 Å². The molecular weight excluding hydrogens is 446 g/mol. The molecule has 2 aromatic heterocycles. The average molecular weight is 486 g/mol. The topological polar surface area (TPSA) is 71.8 Å². The zero-order valence-corrected chi connectivity index (χ0v) is 22.1. The molecule has 0 radical (unpaired) electrons. The molecular formula is C30H39N5O. The van der Waals surface area contributed by atoms with Crippen LogP contribution >= 0.6 is 0 Å². The van der Waals surface area contributed by atoms with Crippen LogP contribution in [0.2, 0.25) is 0 Å². The van der Waals surface area contributed by atoms with Crippen LogP contribution in [0, 0.1) is 0 Å². The molecule has 190 valence electrons. The fraction of sp³-hybridized carbons (Fsp3) is 0.433. The smallest absolute Gasteiger partial charge is 0.220 e. The molecule has 0 aliphatic rings. The summed E-state index contributed by atoms with van der Waals surface area (Å²) in [6.45, 7) is 9.89. The van der Waals surface area contributed by atoms with E-state index < -0.39 is 0 Å². The minimum absolute atomic E-state index is 0.123. The Labute approximate surface area is 214 Å². The van der Waals surface area contributed by atoms with Gasteiger partial charge in [0.05, 0.1) is 11.0 Å². The number of para-hydroxylation sites is 1. The Bertz CT molecular complexity index is 1310. The fourth-order valence-electron chi connectivity index (χ4n) is 4.52. The van der Waals surface area contributed by atoms with Crippen LogP contribution in [-0.2, 0) is 24.3 Å². The molecule has 2 heterocycles. The Morgan fingerprint density at radius 2 is 1.67 bits per heavy atom. The van der Waals surface area contributed by atoms with Crippen LogP contribution in [0.25, 0.3) is 21.9 Å². The van der Waals surface area contributed by atoms with E-state index in [2.05, 4.69) is 85.4 Å². The Kier molecular flexibility index (Phi) is 8.57. The summed E-state index contributed by atoms with van der Waals surface area (Å²) in [5, 5.41) is 7.68. The molecule has 4 rings (SSSR count). The van der Waals surface area contributed by atoms with Crippen LogP contribution in [0.1, 0.15) is 76.8 Å². The first-order valence-electron chi connectivity index (χ1n) is 13.4. The molecule has 4 aromatic rings. The number of fused-ring (bicyclic) bond motifs is 3. The molecule has 0 bridgehead atoms. The number of anilines is 1. The number of rotatable bonds is 12. The molecule has 6 heteroatoms. The maximum Gasteiger partial charge on any atom is 0.220 e. The minimum Gasteiger partial charge on any atom is -0.366 e. The highest BCUT2D eigenvalue weighted by molar-refractivity contribution is 6.07. The number of carbonyl (C=O) groups is 1. The third-order valence-corrected chi connectivity index (χ3v) is 6.45. The van der Waals surface area contributed by atoms with E-state index in [9.17, 15) is 4.79 Å². The molecule has 6 nitrogen and oxygen atoms in total. The number of aryl methyl sites for hydroxylation is 1. The first-order chi connectivity index (χ1) is 17.5. The molecule has 0 unspecified atom stereocenters. The van der Waals surface area contributed by atoms with E-state index in [-0.39, 0.29) is 11.9 Å². The summed E-state index contributed by atoms with van der Waals surface area (Å²) in [4.78, 5) is 22.0. The van der Waals surface area contributed by atoms with E-state index in [4.69, 9.17) is 9.97 Å². The van der Waals surface area contributed by atoms with Gasteiger partial charge in [0.2, 0.25) is 5.91 Å². The Balaban J connectivity index is 1.68. The molecule has 0 fully saturated rings. The van der Waals surface area contributed by atoms with Crippen LogP contribution in [0.3, 0.4) is 0 Å². The van der Waals surface area contributed by atoms with E-state index in [1.165, 1.54) is 5.56 Å². The molecule has 0 saturated carbocycles. The van der Waals surface area contributed by atoms with Crippen molar-refractivity contribution in [3.8, 4) is 0 Å². The van der Waals surface area contributed by atoms with Crippen molar-refractivity contribution >= 4 is 33.7 Å². The monoisotopic (exact) mass is 485 g/mol. The summed E-state index contributed by atoms with van der Waals surface area (Å²) >= 11 is 0. The second-order valence-electron chi connectivity index (χ2n) is 9.89. The van der Waals surface area contributed by atoms with Crippen molar-refractivity contribution in [2.45, 2.75) is 85.4 Å². The van der Waals surface area contributed by atoms with Crippen molar-refractivity contribution in [3.05, 3.63) is 65.5 Å². The summed E-state index contributed by atoms with van der Waals surface area (Å²) < 4.78 is 2.38. The lowest BCUT2D eigenvalue weighted by Gasteiger charge is -2.14. The van der Waals surface area contributed by atoms with Crippen molar-refractivity contribution in [1.29, 1.82) is 0 Å². The van der Waals surface area contributed by atoms with Gasteiger partial charge >= 0.3 is 0 Å². The van der Waals surface area contributed by atoms with Crippen LogP contribution < -0.4 is 10.6 Å². The van der Waals surface area contributed by atoms with E-state index >= 15 is 0 Å². The molecule has 0 aliphatic heterocycles. The standard InChI is InChI=1S/C30H39N5O/c1-5-7-13-26-34-28-29(24-11-9-10-12-25(24)33-30(28)32-21(3)4)35(26)20-23-17-15-22(16-18-23)19-31-27(36)14-8-6-2/h9-12,15-18,21H,5-8,13-14,19-20H2,1-4H3,(H,31,36)(H,32,33). The van der Waals surface area contributed by atoms with Crippen molar-refractivity contribution in [2.75, 3.05) is 5.32 Å². The van der Waals surface area contributed by atoms with E-state index in [1.807, 2.05) is 6.07 Å². The molecule has 1 amide bonds. The van der Waals surface area contributed by atoms with E-state index in [0.717, 1.165) is 77.8 Å². The van der Waals surface area contributed by atoms with Crippen molar-refractivity contribution in [2.24, 2.45) is 0 Å². The second kappa shape index (κ2) is 12.0. The van der Waals surface area contributed by atoms with Crippen molar-refractivity contribution in [3.63, 3.8) is 0 Å². The third kappa shape index (κ3) is 6.04. The molecule has 0 aliphatic carbocycles. The third-order valence-electron chi connectivity index (χ3n) is 6.45. The first-order valence-corrected chi connectivity index (χ1v) is 13.4. The van der Waals surface area contributed by atoms with Gasteiger partial charge < -0.3 is 15.2 Å². The lowest BCUT2D eigenvalue weighted by Crippen LogP contribution is -2.22. The maximum absolute atomic E-state index is 12.0. The molecule has 2 N–H and O–H groups in total. The first kappa shape index (κ1) is 25.7. The number of nitrogens with one attached hydrogen (secondary N) is 2. The van der Waals surface area contributed by atoms with E-state index in [0.29, 0.717) is 13.0 Å². The zero-order chi connectivity index (χ0) is 25.5. The van der Waals surface area contributed by atoms with Crippen LogP contribution in [0.5, 0.6) is 0 Å². The van der Waals surface area contributed by atoms with Gasteiger partial charge in [0.1, 0.15) is 11.3 Å². The SMILES string of the molecule is CCCCC(=O)NCc1ccc(Cn2c(CCCC)nc3c(NC(C)C)nc4ccccc4c32)cc1. The number of nitrogens with zero attached hydrogens (tertiary/aromatic N) is 3. The van der Waals surface area contributed by atoms with Gasteiger partial charge in [0.25, 0.3) is 0 Å². The molecule has 0 atom stereocenters. The van der Waals surface area contributed by atoms with Crippen LogP contribution in [0.4, 0.5) is 5.82 Å². The van der Waals surface area contributed by atoms with Gasteiger partial charge in [-0.2, -0.15) is 0 Å². The summed E-state index contributed by atoms with van der Waals surface area (Å²) in [6.07, 6.45) is 5.71. The number of carbonyl (C=O) groups excluding carboxylic acids is 1. The van der Waals surface area contributed by atoms with Gasteiger partial charge in [-0.05, 0) is 43.9 Å². The minimum atomic E-state index is 0.123. The van der Waals surface area contributed by atoms with Gasteiger partial charge in [0.15, 0.2) is 5.82 Å². The van der Waals surface area contributed by atoms with Gasteiger partial charge in [-0.25, -0.2) is 9.97 Å². The number of unbranched alkanes of at least 4 members (excludes halogenated alkanes) is 2. The number of imidazole rings is 1. The highest BCUT2D eigenvalue weighted by Crippen LogP contribution is 2.31. The highest BCUT2D eigenvalue weighted by atomic mass is 16.1. The second-order valence-corrected chi connectivity index (χ2v) is 9.89. The van der Waals surface area contributed by atoms with Gasteiger partial charge in [-0.3, -0.25) is 4.79 Å². The van der Waals surface area contributed by atoms with Crippen molar-refractivity contribution in [1.82, 2.24) is 19.9 Å². The number of amides is 1. The van der Waals surface area contributed by atoms with Gasteiger partial charge in [-0.15, -0.1) is 0 Å². The Hall–Kier alpha value is -3.41. The maximum atomic E-state index is 12.0. The lowest BCUT2D eigenvalue weighted by molar-refractivity contribution is -0.121. The molecule has 0 saturated heterocycles. The number of aromatic nitrogens is 3. The normalized spacial score (nSPS) is 11.5. The van der Waals surface area contributed by atoms with Crippen molar-refractivity contribution < 1.29 is 4.79 Å². The summed E-state index contributed by atoms with van der Waals surface area (Å²) in [5.41, 5.74) is 5.39. The predicted molar refractivity (Wildman–Crippen MR) is 149 cm³/mol. The Morgan fingerprint density at radius 1 is 0.944 bits per heavy atom. The summed E-state index contributed by atoms with van der Waals surface area (Å²) in [5.74, 6) is 2.08. The summed E-state index contributed by atoms with van der Waals surface area (Å²) in [6, 6.07) is 17.2. The number of pyridine rings is 1. The zero-order valence-electron chi connectivity index (χ0n) is 22.1. The van der Waals surface area contributed by atoms with Crippen LogP contribution in [-0.4, -0.2) is 26.5 Å². The lowest BCUT2D eigenvalue weighted by atomic mass is 10.1. The number of hydrogen-bond donors (Lipinski definition) is 2. The predicted octanol–water partition coefficient (Wildman–Crippen LogP) is 6.60. The molecule has 0 spiro atoms. The fourth-order valence-corrected chi connectivity index (χ4v) is 4.52. The largest absolute Gasteiger partial charge is 0.366 e. The number of benzene rings is 2. The quantitative estimate of drug-likeness (QED) is 0.237. The van der Waals surface area contributed by atoms with E-state index in [1.54, 1.807) is 0 Å². The van der Waals surface area contributed by atoms with Gasteiger partial charge in [0, 0.05) is 37.4 Å². The highest BCUT2D eigenvalue weighted by Gasteiger charge is 2.19. The number of hydrogen-bond acceptors (Lipinski definition) is 4. The summed E-state index contributed by atoms with van der Waals surface area (Å²) in [7, 11) is 0. The molecule has 2 aromatic carbocycles. The Morgan fingerprint density at radius 3 is 2.39 bits per heavy atom. The van der Waals surface area contributed by atoms with Gasteiger partial charge in [-0.1, -0.05) is 69.2 Å². The molecule has 36 heavy (non-hydrogen) atoms.